The molecular weight excluding hydrogens is 248 g/mol. The van der Waals surface area contributed by atoms with Crippen LogP contribution in [0.4, 0.5) is 0 Å². The van der Waals surface area contributed by atoms with Crippen molar-refractivity contribution < 1.29 is 19.2 Å². The third-order valence-corrected chi connectivity index (χ3v) is 3.40. The second kappa shape index (κ2) is 5.86. The van der Waals surface area contributed by atoms with Crippen LogP contribution in [0.15, 0.2) is 4.52 Å². The van der Waals surface area contributed by atoms with Crippen LogP contribution in [0.3, 0.4) is 0 Å². The third-order valence-electron chi connectivity index (χ3n) is 3.40. The van der Waals surface area contributed by atoms with E-state index in [1.54, 1.807) is 6.92 Å². The van der Waals surface area contributed by atoms with Crippen molar-refractivity contribution in [3.63, 3.8) is 0 Å². The Hall–Kier alpha value is -1.85. The van der Waals surface area contributed by atoms with Crippen LogP contribution < -0.4 is 0 Å². The largest absolute Gasteiger partial charge is 0.480 e. The van der Waals surface area contributed by atoms with Crippen LogP contribution in [-0.4, -0.2) is 40.1 Å². The van der Waals surface area contributed by atoms with E-state index in [4.69, 9.17) is 9.63 Å². The molecule has 0 aromatic carbocycles. The number of likely N-dealkylation sites (N-methyl/N-ethyl adjacent to an activating group) is 1. The highest BCUT2D eigenvalue weighted by Gasteiger charge is 2.26. The molecule has 0 bridgehead atoms. The van der Waals surface area contributed by atoms with Gasteiger partial charge < -0.3 is 14.5 Å². The average molecular weight is 266 g/mol. The molecule has 0 spiro atoms. The summed E-state index contributed by atoms with van der Waals surface area (Å²) in [7, 11) is 0. The predicted molar refractivity (Wildman–Crippen MR) is 67.0 cm³/mol. The summed E-state index contributed by atoms with van der Waals surface area (Å²) in [4.78, 5) is 24.3. The van der Waals surface area contributed by atoms with Crippen LogP contribution in [0.5, 0.6) is 0 Å². The standard InChI is InChI=1S/C13H18N2O4/c1-2-15(8-11(16)17)13(18)12-9-6-4-3-5-7-10(9)19-14-12/h2-8H2,1H3,(H,16,17). The molecule has 1 N–H and O–H groups in total. The van der Waals surface area contributed by atoms with Crippen molar-refractivity contribution in [2.24, 2.45) is 0 Å². The first-order valence-corrected chi connectivity index (χ1v) is 6.62. The van der Waals surface area contributed by atoms with Gasteiger partial charge in [-0.05, 0) is 26.2 Å². The minimum Gasteiger partial charge on any atom is -0.480 e. The zero-order valence-corrected chi connectivity index (χ0v) is 11.0. The number of aliphatic carboxylic acids is 1. The number of fused-ring (bicyclic) bond motifs is 1. The monoisotopic (exact) mass is 266 g/mol. The Morgan fingerprint density at radius 1 is 1.32 bits per heavy atom. The minimum atomic E-state index is -1.02. The minimum absolute atomic E-state index is 0.292. The van der Waals surface area contributed by atoms with Crippen molar-refractivity contribution in [3.05, 3.63) is 17.0 Å². The summed E-state index contributed by atoms with van der Waals surface area (Å²) in [6.07, 6.45) is 4.76. The molecule has 1 heterocycles. The van der Waals surface area contributed by atoms with Gasteiger partial charge in [0.05, 0.1) is 0 Å². The number of carboxylic acids is 1. The first-order chi connectivity index (χ1) is 9.13. The van der Waals surface area contributed by atoms with Crippen LogP contribution in [0, 0.1) is 0 Å². The SMILES string of the molecule is CCN(CC(=O)O)C(=O)c1noc2c1CCCCC2. The maximum atomic E-state index is 12.3. The lowest BCUT2D eigenvalue weighted by Gasteiger charge is -2.17. The summed E-state index contributed by atoms with van der Waals surface area (Å²) in [5.41, 5.74) is 1.16. The lowest BCUT2D eigenvalue weighted by molar-refractivity contribution is -0.137. The molecular formula is C13H18N2O4. The van der Waals surface area contributed by atoms with Crippen LogP contribution in [0.1, 0.15) is 48.0 Å². The zero-order valence-electron chi connectivity index (χ0n) is 11.0. The fourth-order valence-electron chi connectivity index (χ4n) is 2.37. The molecule has 1 aliphatic rings. The number of rotatable bonds is 4. The van der Waals surface area contributed by atoms with Gasteiger partial charge in [-0.3, -0.25) is 9.59 Å². The van der Waals surface area contributed by atoms with Crippen LogP contribution in [0.25, 0.3) is 0 Å². The van der Waals surface area contributed by atoms with Gasteiger partial charge in [0, 0.05) is 18.5 Å². The van der Waals surface area contributed by atoms with Gasteiger partial charge in [0.1, 0.15) is 12.3 Å². The molecule has 6 nitrogen and oxygen atoms in total. The molecule has 6 heteroatoms. The number of nitrogens with zero attached hydrogens (tertiary/aromatic N) is 2. The first-order valence-electron chi connectivity index (χ1n) is 6.62. The second-order valence-corrected chi connectivity index (χ2v) is 4.71. The Bertz CT molecular complexity index is 481. The normalized spacial score (nSPS) is 14.6. The summed E-state index contributed by atoms with van der Waals surface area (Å²) in [6.45, 7) is 1.78. The molecule has 104 valence electrons. The fourth-order valence-corrected chi connectivity index (χ4v) is 2.37. The van der Waals surface area contributed by atoms with E-state index in [9.17, 15) is 9.59 Å². The quantitative estimate of drug-likeness (QED) is 0.835. The third kappa shape index (κ3) is 2.94. The second-order valence-electron chi connectivity index (χ2n) is 4.71. The summed E-state index contributed by atoms with van der Waals surface area (Å²) in [6, 6.07) is 0. The molecule has 0 unspecified atom stereocenters. The smallest absolute Gasteiger partial charge is 0.323 e. The van der Waals surface area contributed by atoms with Crippen molar-refractivity contribution in [2.45, 2.75) is 39.0 Å². The summed E-state index contributed by atoms with van der Waals surface area (Å²) >= 11 is 0. The highest BCUT2D eigenvalue weighted by Crippen LogP contribution is 2.24. The molecule has 1 aliphatic carbocycles. The maximum Gasteiger partial charge on any atom is 0.323 e. The highest BCUT2D eigenvalue weighted by molar-refractivity contribution is 5.95. The Labute approximate surface area is 111 Å². The number of carbonyl (C=O) groups excluding carboxylic acids is 1. The van der Waals surface area contributed by atoms with E-state index in [0.717, 1.165) is 43.4 Å². The van der Waals surface area contributed by atoms with Crippen LogP contribution >= 0.6 is 0 Å². The Balaban J connectivity index is 2.23. The Morgan fingerprint density at radius 2 is 2.05 bits per heavy atom. The zero-order chi connectivity index (χ0) is 13.8. The Morgan fingerprint density at radius 3 is 2.74 bits per heavy atom. The number of amides is 1. The fraction of sp³-hybridized carbons (Fsp3) is 0.615. The highest BCUT2D eigenvalue weighted by atomic mass is 16.5. The van der Waals surface area contributed by atoms with Crippen molar-refractivity contribution in [1.29, 1.82) is 0 Å². The number of aryl methyl sites for hydroxylation is 1. The molecule has 0 atom stereocenters. The summed E-state index contributed by atoms with van der Waals surface area (Å²) < 4.78 is 5.24. The van der Waals surface area contributed by atoms with E-state index >= 15 is 0 Å². The number of hydrogen-bond donors (Lipinski definition) is 1. The van der Waals surface area contributed by atoms with Gasteiger partial charge in [-0.1, -0.05) is 11.6 Å². The number of hydrogen-bond acceptors (Lipinski definition) is 4. The van der Waals surface area contributed by atoms with Gasteiger partial charge in [-0.25, -0.2) is 0 Å². The molecule has 0 radical (unpaired) electrons. The van der Waals surface area contributed by atoms with Crippen LogP contribution in [-0.2, 0) is 17.6 Å². The topological polar surface area (TPSA) is 83.6 Å². The average Bonchev–Trinajstić information content (AvgIpc) is 2.64. The van der Waals surface area contributed by atoms with Crippen molar-refractivity contribution in [1.82, 2.24) is 10.1 Å². The molecule has 2 rings (SSSR count). The summed E-state index contributed by atoms with van der Waals surface area (Å²) in [5.74, 6) is -0.589. The van der Waals surface area contributed by atoms with Gasteiger partial charge in [-0.2, -0.15) is 0 Å². The Kier molecular flexibility index (Phi) is 4.19. The molecule has 19 heavy (non-hydrogen) atoms. The molecule has 1 aromatic rings. The van der Waals surface area contributed by atoms with Crippen molar-refractivity contribution in [3.8, 4) is 0 Å². The van der Waals surface area contributed by atoms with E-state index in [1.807, 2.05) is 0 Å². The molecule has 0 saturated carbocycles. The number of aromatic nitrogens is 1. The van der Waals surface area contributed by atoms with E-state index < -0.39 is 5.97 Å². The maximum absolute atomic E-state index is 12.3. The number of carboxylic acid groups (broad SMARTS) is 1. The van der Waals surface area contributed by atoms with E-state index in [-0.39, 0.29) is 12.5 Å². The molecule has 0 aliphatic heterocycles. The van der Waals surface area contributed by atoms with Gasteiger partial charge in [0.2, 0.25) is 0 Å². The van der Waals surface area contributed by atoms with E-state index in [2.05, 4.69) is 5.16 Å². The van der Waals surface area contributed by atoms with Gasteiger partial charge in [0.25, 0.3) is 5.91 Å². The predicted octanol–water partition coefficient (Wildman–Crippen LogP) is 1.49. The van der Waals surface area contributed by atoms with Gasteiger partial charge >= 0.3 is 5.97 Å². The first kappa shape index (κ1) is 13.6. The van der Waals surface area contributed by atoms with Crippen molar-refractivity contribution >= 4 is 11.9 Å². The lowest BCUT2D eigenvalue weighted by atomic mass is 10.1. The van der Waals surface area contributed by atoms with Gasteiger partial charge in [-0.15, -0.1) is 0 Å². The van der Waals surface area contributed by atoms with E-state index in [1.165, 1.54) is 4.90 Å². The molecule has 1 aromatic heterocycles. The van der Waals surface area contributed by atoms with E-state index in [0.29, 0.717) is 12.2 Å². The lowest BCUT2D eigenvalue weighted by Crippen LogP contribution is -2.36. The van der Waals surface area contributed by atoms with Gasteiger partial charge in [0.15, 0.2) is 5.69 Å². The molecule has 1 amide bonds. The molecule has 0 fully saturated rings. The molecule has 0 saturated heterocycles. The van der Waals surface area contributed by atoms with Crippen LogP contribution in [0.2, 0.25) is 0 Å². The number of carbonyl (C=O) groups is 2. The summed E-state index contributed by atoms with van der Waals surface area (Å²) in [5, 5.41) is 12.7. The van der Waals surface area contributed by atoms with Crippen molar-refractivity contribution in [2.75, 3.05) is 13.1 Å².